The molecule has 0 unspecified atom stereocenters. The molecule has 0 aliphatic rings. The van der Waals surface area contributed by atoms with Crippen LogP contribution in [-0.4, -0.2) is 20.5 Å². The van der Waals surface area contributed by atoms with Gasteiger partial charge in [-0.15, -0.1) is 0 Å². The lowest BCUT2D eigenvalue weighted by Crippen LogP contribution is -2.14. The molecular formula is C13H15N3O3S. The molecule has 0 aliphatic heterocycles. The van der Waals surface area contributed by atoms with Gasteiger partial charge in [-0.05, 0) is 24.3 Å². The standard InChI is InChI=1S/C13H15N3O3S/c1-19-13-5-3-2-4-12(13)16-20(17,18)11-7-6-10(8-14)15-9-11/h2-7,9,16H,8,14H2,1H3. The van der Waals surface area contributed by atoms with Crippen LogP contribution in [0, 0.1) is 0 Å². The van der Waals surface area contributed by atoms with Gasteiger partial charge in [-0.1, -0.05) is 12.1 Å². The quantitative estimate of drug-likeness (QED) is 0.867. The predicted octanol–water partition coefficient (Wildman–Crippen LogP) is 1.35. The Balaban J connectivity index is 2.30. The van der Waals surface area contributed by atoms with E-state index in [9.17, 15) is 8.42 Å². The highest BCUT2D eigenvalue weighted by Crippen LogP contribution is 2.25. The fourth-order valence-electron chi connectivity index (χ4n) is 1.62. The van der Waals surface area contributed by atoms with Crippen LogP contribution in [0.3, 0.4) is 0 Å². The maximum atomic E-state index is 12.2. The third-order valence-corrected chi connectivity index (χ3v) is 4.02. The van der Waals surface area contributed by atoms with Crippen LogP contribution in [0.15, 0.2) is 47.5 Å². The van der Waals surface area contributed by atoms with Gasteiger partial charge in [0.25, 0.3) is 10.0 Å². The molecular weight excluding hydrogens is 278 g/mol. The number of para-hydroxylation sites is 2. The molecule has 6 nitrogen and oxygen atoms in total. The Kier molecular flexibility index (Phi) is 4.21. The van der Waals surface area contributed by atoms with Crippen molar-refractivity contribution in [3.8, 4) is 5.75 Å². The van der Waals surface area contributed by atoms with Crippen LogP contribution in [0.25, 0.3) is 0 Å². The van der Waals surface area contributed by atoms with Crippen molar-refractivity contribution in [2.45, 2.75) is 11.4 Å². The molecule has 0 bridgehead atoms. The summed E-state index contributed by atoms with van der Waals surface area (Å²) >= 11 is 0. The minimum Gasteiger partial charge on any atom is -0.495 e. The van der Waals surface area contributed by atoms with Gasteiger partial charge >= 0.3 is 0 Å². The molecule has 7 heteroatoms. The number of anilines is 1. The fourth-order valence-corrected chi connectivity index (χ4v) is 2.64. The van der Waals surface area contributed by atoms with Crippen molar-refractivity contribution >= 4 is 15.7 Å². The van der Waals surface area contributed by atoms with E-state index in [0.717, 1.165) is 0 Å². The lowest BCUT2D eigenvalue weighted by Gasteiger charge is -2.11. The van der Waals surface area contributed by atoms with Crippen molar-refractivity contribution in [2.75, 3.05) is 11.8 Å². The van der Waals surface area contributed by atoms with E-state index in [2.05, 4.69) is 9.71 Å². The summed E-state index contributed by atoms with van der Waals surface area (Å²) in [5.41, 5.74) is 6.43. The van der Waals surface area contributed by atoms with Crippen molar-refractivity contribution in [2.24, 2.45) is 5.73 Å². The molecule has 0 saturated carbocycles. The molecule has 0 amide bonds. The number of aromatic nitrogens is 1. The summed E-state index contributed by atoms with van der Waals surface area (Å²) in [6.07, 6.45) is 1.28. The summed E-state index contributed by atoms with van der Waals surface area (Å²) in [5, 5.41) is 0. The van der Waals surface area contributed by atoms with Crippen molar-refractivity contribution < 1.29 is 13.2 Å². The van der Waals surface area contributed by atoms with Gasteiger partial charge < -0.3 is 10.5 Å². The molecule has 0 fully saturated rings. The van der Waals surface area contributed by atoms with Crippen LogP contribution < -0.4 is 15.2 Å². The SMILES string of the molecule is COc1ccccc1NS(=O)(=O)c1ccc(CN)nc1. The third kappa shape index (κ3) is 3.06. The summed E-state index contributed by atoms with van der Waals surface area (Å²) in [6.45, 7) is 0.264. The molecule has 106 valence electrons. The number of methoxy groups -OCH3 is 1. The minimum atomic E-state index is -3.70. The Labute approximate surface area is 117 Å². The fraction of sp³-hybridized carbons (Fsp3) is 0.154. The molecule has 0 saturated heterocycles. The van der Waals surface area contributed by atoms with Crippen LogP contribution in [0.4, 0.5) is 5.69 Å². The normalized spacial score (nSPS) is 11.1. The van der Waals surface area contributed by atoms with Crippen LogP contribution in [-0.2, 0) is 16.6 Å². The summed E-state index contributed by atoms with van der Waals surface area (Å²) in [4.78, 5) is 4.04. The smallest absolute Gasteiger partial charge is 0.263 e. The van der Waals surface area contributed by atoms with Gasteiger partial charge in [0.15, 0.2) is 0 Å². The molecule has 3 N–H and O–H groups in total. The number of hydrogen-bond donors (Lipinski definition) is 2. The molecule has 0 spiro atoms. The first-order valence-corrected chi connectivity index (χ1v) is 7.36. The second-order valence-corrected chi connectivity index (χ2v) is 5.68. The highest BCUT2D eigenvalue weighted by molar-refractivity contribution is 7.92. The predicted molar refractivity (Wildman–Crippen MR) is 75.9 cm³/mol. The Morgan fingerprint density at radius 2 is 2.00 bits per heavy atom. The van der Waals surface area contributed by atoms with Gasteiger partial charge in [0.1, 0.15) is 10.6 Å². The monoisotopic (exact) mass is 293 g/mol. The number of ether oxygens (including phenoxy) is 1. The van der Waals surface area contributed by atoms with E-state index < -0.39 is 10.0 Å². The van der Waals surface area contributed by atoms with Gasteiger partial charge in [0, 0.05) is 12.7 Å². The van der Waals surface area contributed by atoms with Crippen molar-refractivity contribution in [3.63, 3.8) is 0 Å². The number of pyridine rings is 1. The van der Waals surface area contributed by atoms with Crippen LogP contribution in [0.5, 0.6) is 5.75 Å². The maximum Gasteiger partial charge on any atom is 0.263 e. The maximum absolute atomic E-state index is 12.2. The lowest BCUT2D eigenvalue weighted by atomic mass is 10.3. The van der Waals surface area contributed by atoms with Gasteiger partial charge in [-0.25, -0.2) is 8.42 Å². The summed E-state index contributed by atoms with van der Waals surface area (Å²) in [7, 11) is -2.23. The van der Waals surface area contributed by atoms with Gasteiger partial charge in [-0.2, -0.15) is 0 Å². The van der Waals surface area contributed by atoms with Gasteiger partial charge in [0.05, 0.1) is 18.5 Å². The summed E-state index contributed by atoms with van der Waals surface area (Å²) in [6, 6.07) is 9.82. The Bertz CT molecular complexity index is 684. The van der Waals surface area contributed by atoms with Crippen molar-refractivity contribution in [3.05, 3.63) is 48.3 Å². The largest absolute Gasteiger partial charge is 0.495 e. The molecule has 1 aromatic heterocycles. The van der Waals surface area contributed by atoms with Gasteiger partial charge in [0.2, 0.25) is 0 Å². The first-order valence-electron chi connectivity index (χ1n) is 5.87. The second-order valence-electron chi connectivity index (χ2n) is 4.00. The van der Waals surface area contributed by atoms with Gasteiger partial charge in [-0.3, -0.25) is 9.71 Å². The van der Waals surface area contributed by atoms with E-state index in [1.165, 1.54) is 19.4 Å². The van der Waals surface area contributed by atoms with E-state index in [1.54, 1.807) is 30.3 Å². The first kappa shape index (κ1) is 14.3. The number of rotatable bonds is 5. The van der Waals surface area contributed by atoms with E-state index in [1.807, 2.05) is 0 Å². The molecule has 1 aromatic carbocycles. The number of sulfonamides is 1. The highest BCUT2D eigenvalue weighted by Gasteiger charge is 2.16. The van der Waals surface area contributed by atoms with E-state index in [4.69, 9.17) is 10.5 Å². The Morgan fingerprint density at radius 3 is 2.60 bits per heavy atom. The number of nitrogens with one attached hydrogen (secondary N) is 1. The van der Waals surface area contributed by atoms with E-state index in [-0.39, 0.29) is 11.4 Å². The van der Waals surface area contributed by atoms with Crippen molar-refractivity contribution in [1.82, 2.24) is 4.98 Å². The first-order chi connectivity index (χ1) is 9.56. The number of hydrogen-bond acceptors (Lipinski definition) is 5. The highest BCUT2D eigenvalue weighted by atomic mass is 32.2. The van der Waals surface area contributed by atoms with Crippen LogP contribution in [0.1, 0.15) is 5.69 Å². The average molecular weight is 293 g/mol. The van der Waals surface area contributed by atoms with Crippen LogP contribution in [0.2, 0.25) is 0 Å². The third-order valence-electron chi connectivity index (χ3n) is 2.67. The number of benzene rings is 1. The molecule has 0 radical (unpaired) electrons. The Morgan fingerprint density at radius 1 is 1.25 bits per heavy atom. The van der Waals surface area contributed by atoms with Crippen LogP contribution >= 0.6 is 0 Å². The van der Waals surface area contributed by atoms with Crippen molar-refractivity contribution in [1.29, 1.82) is 0 Å². The zero-order valence-electron chi connectivity index (χ0n) is 10.9. The molecule has 0 aliphatic carbocycles. The Hall–Kier alpha value is -2.12. The molecule has 20 heavy (non-hydrogen) atoms. The summed E-state index contributed by atoms with van der Waals surface area (Å²) < 4.78 is 32.0. The minimum absolute atomic E-state index is 0.0700. The lowest BCUT2D eigenvalue weighted by molar-refractivity contribution is 0.417. The zero-order valence-corrected chi connectivity index (χ0v) is 11.7. The molecule has 2 rings (SSSR count). The number of nitrogens with two attached hydrogens (primary N) is 1. The molecule has 0 atom stereocenters. The average Bonchev–Trinajstić information content (AvgIpc) is 2.47. The number of nitrogens with zero attached hydrogens (tertiary/aromatic N) is 1. The molecule has 2 aromatic rings. The molecule has 1 heterocycles. The second kappa shape index (κ2) is 5.89. The summed E-state index contributed by atoms with van der Waals surface area (Å²) in [5.74, 6) is 0.447. The topological polar surface area (TPSA) is 94.3 Å². The van der Waals surface area contributed by atoms with E-state index >= 15 is 0 Å². The zero-order chi connectivity index (χ0) is 14.6. The van der Waals surface area contributed by atoms with E-state index in [0.29, 0.717) is 17.1 Å².